The Morgan fingerprint density at radius 3 is 3.00 bits per heavy atom. The monoisotopic (exact) mass is 224 g/mol. The zero-order valence-corrected chi connectivity index (χ0v) is 8.59. The van der Waals surface area contributed by atoms with E-state index < -0.39 is 0 Å². The fourth-order valence-electron chi connectivity index (χ4n) is 1.20. The second-order valence-electron chi connectivity index (χ2n) is 3.02. The zero-order valence-electron chi connectivity index (χ0n) is 7.84. The number of hydrogen-bond acceptors (Lipinski definition) is 4. The van der Waals surface area contributed by atoms with E-state index >= 15 is 0 Å². The lowest BCUT2D eigenvalue weighted by molar-refractivity contribution is 0.276. The summed E-state index contributed by atoms with van der Waals surface area (Å²) in [5, 5.41) is 16.9. The first kappa shape index (κ1) is 10.1. The Morgan fingerprint density at radius 2 is 2.33 bits per heavy atom. The van der Waals surface area contributed by atoms with Crippen LogP contribution in [0.4, 0.5) is 0 Å². The molecule has 0 saturated carbocycles. The molecule has 0 aromatic carbocycles. The Bertz CT molecular complexity index is 457. The molecule has 0 unspecified atom stereocenters. The largest absolute Gasteiger partial charge is 0.390 e. The van der Waals surface area contributed by atoms with E-state index in [-0.39, 0.29) is 6.61 Å². The Balaban J connectivity index is 2.18. The van der Waals surface area contributed by atoms with Crippen molar-refractivity contribution in [2.45, 2.75) is 13.2 Å². The molecule has 0 aliphatic rings. The second-order valence-corrected chi connectivity index (χ2v) is 3.38. The van der Waals surface area contributed by atoms with Crippen molar-refractivity contribution in [2.75, 3.05) is 0 Å². The lowest BCUT2D eigenvalue weighted by atomic mass is 10.3. The van der Waals surface area contributed by atoms with Crippen molar-refractivity contribution in [3.63, 3.8) is 0 Å². The molecule has 0 amide bonds. The molecule has 0 atom stereocenters. The summed E-state index contributed by atoms with van der Waals surface area (Å²) in [5.41, 5.74) is 1.41. The number of rotatable bonds is 3. The molecule has 78 valence electrons. The summed E-state index contributed by atoms with van der Waals surface area (Å²) in [4.78, 5) is 3.96. The predicted octanol–water partition coefficient (Wildman–Crippen LogP) is 0.867. The van der Waals surface area contributed by atoms with Crippen molar-refractivity contribution >= 4 is 11.6 Å². The number of nitrogens with zero attached hydrogens (tertiary/aromatic N) is 4. The highest BCUT2D eigenvalue weighted by atomic mass is 35.5. The first-order valence-electron chi connectivity index (χ1n) is 4.39. The van der Waals surface area contributed by atoms with Crippen LogP contribution in [0.5, 0.6) is 0 Å². The predicted molar refractivity (Wildman–Crippen MR) is 54.3 cm³/mol. The highest BCUT2D eigenvalue weighted by Gasteiger charge is 2.03. The van der Waals surface area contributed by atoms with Gasteiger partial charge in [-0.1, -0.05) is 22.9 Å². The number of aliphatic hydroxyl groups excluding tert-OH is 1. The molecule has 0 bridgehead atoms. The van der Waals surface area contributed by atoms with Crippen LogP contribution in [0.25, 0.3) is 0 Å². The van der Waals surface area contributed by atoms with Crippen LogP contribution < -0.4 is 0 Å². The third-order valence-electron chi connectivity index (χ3n) is 1.92. The van der Waals surface area contributed by atoms with Crippen LogP contribution in [0.3, 0.4) is 0 Å². The first-order chi connectivity index (χ1) is 7.29. The fraction of sp³-hybridized carbons (Fsp3) is 0.222. The SMILES string of the molecule is OCc1cn(Cc2cccnc2Cl)nn1. The molecular formula is C9H9ClN4O. The van der Waals surface area contributed by atoms with Gasteiger partial charge in [0.2, 0.25) is 0 Å². The molecule has 15 heavy (non-hydrogen) atoms. The summed E-state index contributed by atoms with van der Waals surface area (Å²) in [7, 11) is 0. The van der Waals surface area contributed by atoms with Crippen molar-refractivity contribution < 1.29 is 5.11 Å². The molecule has 0 radical (unpaired) electrons. The van der Waals surface area contributed by atoms with Crippen LogP contribution >= 0.6 is 11.6 Å². The molecule has 0 spiro atoms. The van der Waals surface area contributed by atoms with E-state index in [2.05, 4.69) is 15.3 Å². The van der Waals surface area contributed by atoms with Crippen LogP contribution in [-0.2, 0) is 13.2 Å². The summed E-state index contributed by atoms with van der Waals surface area (Å²) in [6.45, 7) is 0.389. The van der Waals surface area contributed by atoms with E-state index in [1.807, 2.05) is 12.1 Å². The molecule has 0 aliphatic carbocycles. The smallest absolute Gasteiger partial charge is 0.134 e. The van der Waals surface area contributed by atoms with E-state index in [1.54, 1.807) is 17.1 Å². The standard InChI is InChI=1S/C9H9ClN4O/c10-9-7(2-1-3-11-9)4-14-5-8(6-15)12-13-14/h1-3,5,15H,4,6H2. The molecule has 2 aromatic rings. The number of pyridine rings is 1. The van der Waals surface area contributed by atoms with Gasteiger partial charge in [0.15, 0.2) is 0 Å². The number of aliphatic hydroxyl groups is 1. The third-order valence-corrected chi connectivity index (χ3v) is 2.26. The Morgan fingerprint density at radius 1 is 1.47 bits per heavy atom. The number of hydrogen-bond donors (Lipinski definition) is 1. The molecule has 0 saturated heterocycles. The second kappa shape index (κ2) is 4.37. The van der Waals surface area contributed by atoms with Gasteiger partial charge in [0, 0.05) is 11.8 Å². The lowest BCUT2D eigenvalue weighted by Crippen LogP contribution is -2.01. The van der Waals surface area contributed by atoms with Gasteiger partial charge in [-0.05, 0) is 6.07 Å². The molecule has 6 heteroatoms. The van der Waals surface area contributed by atoms with Gasteiger partial charge in [-0.3, -0.25) is 0 Å². The molecule has 2 aromatic heterocycles. The minimum Gasteiger partial charge on any atom is -0.390 e. The van der Waals surface area contributed by atoms with Gasteiger partial charge in [0.05, 0.1) is 19.3 Å². The first-order valence-corrected chi connectivity index (χ1v) is 4.76. The molecule has 2 rings (SSSR count). The Hall–Kier alpha value is -1.46. The van der Waals surface area contributed by atoms with E-state index in [1.165, 1.54) is 0 Å². The number of aromatic nitrogens is 4. The molecule has 5 nitrogen and oxygen atoms in total. The van der Waals surface area contributed by atoms with Crippen LogP contribution in [0, 0.1) is 0 Å². The van der Waals surface area contributed by atoms with Gasteiger partial charge < -0.3 is 5.11 Å². The minimum absolute atomic E-state index is 0.110. The zero-order chi connectivity index (χ0) is 10.7. The molecule has 0 fully saturated rings. The third kappa shape index (κ3) is 2.31. The lowest BCUT2D eigenvalue weighted by Gasteiger charge is -2.01. The van der Waals surface area contributed by atoms with Crippen molar-refractivity contribution in [2.24, 2.45) is 0 Å². The molecule has 2 heterocycles. The van der Waals surface area contributed by atoms with Gasteiger partial charge in [0.25, 0.3) is 0 Å². The van der Waals surface area contributed by atoms with Gasteiger partial charge in [-0.15, -0.1) is 5.10 Å². The van der Waals surface area contributed by atoms with E-state index in [4.69, 9.17) is 16.7 Å². The Kier molecular flexibility index (Phi) is 2.94. The summed E-state index contributed by atoms with van der Waals surface area (Å²) in [6.07, 6.45) is 3.30. The van der Waals surface area contributed by atoms with Crippen LogP contribution in [0.1, 0.15) is 11.3 Å². The molecule has 1 N–H and O–H groups in total. The van der Waals surface area contributed by atoms with Crippen molar-refractivity contribution in [1.29, 1.82) is 0 Å². The summed E-state index contributed by atoms with van der Waals surface area (Å²) < 4.78 is 1.61. The van der Waals surface area contributed by atoms with Crippen LogP contribution in [-0.4, -0.2) is 25.1 Å². The summed E-state index contributed by atoms with van der Waals surface area (Å²) in [5.74, 6) is 0. The van der Waals surface area contributed by atoms with Crippen LogP contribution in [0.15, 0.2) is 24.5 Å². The van der Waals surface area contributed by atoms with Crippen molar-refractivity contribution in [3.05, 3.63) is 40.9 Å². The maximum Gasteiger partial charge on any atom is 0.134 e. The molecular weight excluding hydrogens is 216 g/mol. The van der Waals surface area contributed by atoms with Crippen LogP contribution in [0.2, 0.25) is 5.15 Å². The van der Waals surface area contributed by atoms with Gasteiger partial charge in [-0.2, -0.15) is 0 Å². The Labute approximate surface area is 91.3 Å². The van der Waals surface area contributed by atoms with Gasteiger partial charge >= 0.3 is 0 Å². The average Bonchev–Trinajstić information content (AvgIpc) is 2.69. The molecule has 0 aliphatic heterocycles. The summed E-state index contributed by atoms with van der Waals surface area (Å²) >= 11 is 5.89. The fourth-order valence-corrected chi connectivity index (χ4v) is 1.38. The normalized spacial score (nSPS) is 10.5. The number of halogens is 1. The van der Waals surface area contributed by atoms with E-state index in [0.29, 0.717) is 17.4 Å². The van der Waals surface area contributed by atoms with E-state index in [9.17, 15) is 0 Å². The maximum absolute atomic E-state index is 8.82. The quantitative estimate of drug-likeness (QED) is 0.786. The van der Waals surface area contributed by atoms with Crippen molar-refractivity contribution in [3.8, 4) is 0 Å². The van der Waals surface area contributed by atoms with E-state index in [0.717, 1.165) is 5.56 Å². The van der Waals surface area contributed by atoms with Gasteiger partial charge in [-0.25, -0.2) is 9.67 Å². The highest BCUT2D eigenvalue weighted by Crippen LogP contribution is 2.12. The summed E-state index contributed by atoms with van der Waals surface area (Å²) in [6, 6.07) is 3.68. The average molecular weight is 225 g/mol. The maximum atomic E-state index is 8.82. The van der Waals surface area contributed by atoms with Crippen molar-refractivity contribution in [1.82, 2.24) is 20.0 Å². The van der Waals surface area contributed by atoms with Gasteiger partial charge in [0.1, 0.15) is 10.8 Å². The topological polar surface area (TPSA) is 63.8 Å². The minimum atomic E-state index is -0.110. The highest BCUT2D eigenvalue weighted by molar-refractivity contribution is 6.30.